The second-order valence-electron chi connectivity index (χ2n) is 6.38. The number of guanidine groups is 1. The number of nitrogens with one attached hydrogen (secondary N) is 3. The minimum Gasteiger partial charge on any atom is -0.352 e. The van der Waals surface area contributed by atoms with Crippen LogP contribution in [0.25, 0.3) is 0 Å². The van der Waals surface area contributed by atoms with E-state index in [-0.39, 0.29) is 29.7 Å². The van der Waals surface area contributed by atoms with Crippen molar-refractivity contribution in [3.63, 3.8) is 0 Å². The summed E-state index contributed by atoms with van der Waals surface area (Å²) in [4.78, 5) is 8.82. The Morgan fingerprint density at radius 3 is 2.29 bits per heavy atom. The quantitative estimate of drug-likeness (QED) is 0.274. The van der Waals surface area contributed by atoms with E-state index >= 15 is 0 Å². The van der Waals surface area contributed by atoms with Crippen LogP contribution in [0.4, 0.5) is 0 Å². The number of hydrogen-bond donors (Lipinski definition) is 3. The molecule has 0 radical (unpaired) electrons. The third-order valence-electron chi connectivity index (χ3n) is 3.94. The van der Waals surface area contributed by atoms with Gasteiger partial charge in [0.15, 0.2) is 5.96 Å². The molecule has 3 N–H and O–H groups in total. The summed E-state index contributed by atoms with van der Waals surface area (Å²) in [6.07, 6.45) is 0. The van der Waals surface area contributed by atoms with E-state index in [0.717, 1.165) is 21.8 Å². The smallest absolute Gasteiger partial charge is 0.215 e. The lowest BCUT2D eigenvalue weighted by Gasteiger charge is -2.11. The molecule has 0 bridgehead atoms. The SMILES string of the molecule is CN=C(NCc1ccc(CS(=O)(=O)NC)cc1)NCc1nc(C(C)C)cs1.I. The van der Waals surface area contributed by atoms with Gasteiger partial charge in [-0.1, -0.05) is 38.1 Å². The first kappa shape index (κ1) is 24.8. The largest absolute Gasteiger partial charge is 0.352 e. The summed E-state index contributed by atoms with van der Waals surface area (Å²) < 4.78 is 25.5. The number of benzene rings is 1. The number of nitrogens with zero attached hydrogens (tertiary/aromatic N) is 2. The van der Waals surface area contributed by atoms with Crippen molar-refractivity contribution < 1.29 is 8.42 Å². The van der Waals surface area contributed by atoms with Gasteiger partial charge in [0.25, 0.3) is 0 Å². The molecule has 0 aliphatic rings. The van der Waals surface area contributed by atoms with E-state index in [1.165, 1.54) is 7.05 Å². The average Bonchev–Trinajstić information content (AvgIpc) is 3.12. The van der Waals surface area contributed by atoms with E-state index in [2.05, 4.69) is 44.6 Å². The van der Waals surface area contributed by atoms with E-state index in [4.69, 9.17) is 0 Å². The van der Waals surface area contributed by atoms with Crippen molar-refractivity contribution in [3.05, 3.63) is 51.5 Å². The number of aliphatic imine (C=N–C) groups is 1. The van der Waals surface area contributed by atoms with E-state index in [0.29, 0.717) is 25.0 Å². The van der Waals surface area contributed by atoms with Gasteiger partial charge in [-0.15, -0.1) is 35.3 Å². The predicted octanol–water partition coefficient (Wildman–Crippen LogP) is 2.80. The van der Waals surface area contributed by atoms with Crippen molar-refractivity contribution in [2.45, 2.75) is 38.6 Å². The highest BCUT2D eigenvalue weighted by molar-refractivity contribution is 14.0. The topological polar surface area (TPSA) is 95.5 Å². The van der Waals surface area contributed by atoms with Gasteiger partial charge in [0, 0.05) is 19.0 Å². The van der Waals surface area contributed by atoms with Crippen LogP contribution in [0.3, 0.4) is 0 Å². The number of halogens is 1. The van der Waals surface area contributed by atoms with Crippen molar-refractivity contribution >= 4 is 51.3 Å². The Bertz CT molecular complexity index is 864. The molecule has 156 valence electrons. The third-order valence-corrected chi connectivity index (χ3v) is 6.14. The highest BCUT2D eigenvalue weighted by Gasteiger charge is 2.09. The van der Waals surface area contributed by atoms with Gasteiger partial charge < -0.3 is 10.6 Å². The summed E-state index contributed by atoms with van der Waals surface area (Å²) in [5.74, 6) is 1.10. The predicted molar refractivity (Wildman–Crippen MR) is 127 cm³/mol. The summed E-state index contributed by atoms with van der Waals surface area (Å²) >= 11 is 1.64. The maximum absolute atomic E-state index is 11.6. The highest BCUT2D eigenvalue weighted by atomic mass is 127. The number of thiazole rings is 1. The van der Waals surface area contributed by atoms with Crippen LogP contribution in [0.1, 0.15) is 41.6 Å². The van der Waals surface area contributed by atoms with Gasteiger partial charge in [0.05, 0.1) is 18.0 Å². The van der Waals surface area contributed by atoms with Gasteiger partial charge in [-0.3, -0.25) is 4.99 Å². The lowest BCUT2D eigenvalue weighted by Crippen LogP contribution is -2.36. The molecule has 2 aromatic rings. The first-order valence-corrected chi connectivity index (χ1v) is 11.2. The maximum Gasteiger partial charge on any atom is 0.215 e. The Kier molecular flexibility index (Phi) is 10.4. The summed E-state index contributed by atoms with van der Waals surface area (Å²) in [7, 11) is -0.109. The van der Waals surface area contributed by atoms with E-state index in [1.54, 1.807) is 18.4 Å². The van der Waals surface area contributed by atoms with Gasteiger partial charge in [-0.05, 0) is 24.1 Å². The Labute approximate surface area is 188 Å². The molecule has 7 nitrogen and oxygen atoms in total. The lowest BCUT2D eigenvalue weighted by molar-refractivity contribution is 0.587. The summed E-state index contributed by atoms with van der Waals surface area (Å²) in [5.41, 5.74) is 2.90. The second kappa shape index (κ2) is 11.7. The molecular formula is C18H28IN5O2S2. The van der Waals surface area contributed by atoms with Crippen molar-refractivity contribution in [2.24, 2.45) is 4.99 Å². The molecule has 0 unspecified atom stereocenters. The van der Waals surface area contributed by atoms with Crippen LogP contribution in [0.5, 0.6) is 0 Å². The van der Waals surface area contributed by atoms with Gasteiger partial charge in [-0.25, -0.2) is 18.1 Å². The number of rotatable bonds is 8. The van der Waals surface area contributed by atoms with Crippen LogP contribution in [0, 0.1) is 0 Å². The fourth-order valence-corrected chi connectivity index (χ4v) is 3.95. The lowest BCUT2D eigenvalue weighted by atomic mass is 10.1. The van der Waals surface area contributed by atoms with Crippen LogP contribution in [-0.2, 0) is 28.9 Å². The number of sulfonamides is 1. The fourth-order valence-electron chi connectivity index (χ4n) is 2.28. The monoisotopic (exact) mass is 537 g/mol. The normalized spacial score (nSPS) is 12.0. The molecule has 1 aromatic carbocycles. The van der Waals surface area contributed by atoms with Crippen LogP contribution in [0.2, 0.25) is 0 Å². The van der Waals surface area contributed by atoms with Gasteiger partial charge in [-0.2, -0.15) is 0 Å². The van der Waals surface area contributed by atoms with Crippen LogP contribution in [0.15, 0.2) is 34.6 Å². The summed E-state index contributed by atoms with van der Waals surface area (Å²) in [5, 5.41) is 9.62. The van der Waals surface area contributed by atoms with Crippen molar-refractivity contribution in [2.75, 3.05) is 14.1 Å². The third kappa shape index (κ3) is 8.02. The zero-order valence-electron chi connectivity index (χ0n) is 16.5. The fraction of sp³-hybridized carbons (Fsp3) is 0.444. The molecule has 0 saturated heterocycles. The molecule has 0 aliphatic carbocycles. The Balaban J connectivity index is 0.00000392. The van der Waals surface area contributed by atoms with E-state index in [1.807, 2.05) is 24.3 Å². The standard InChI is InChI=1S/C18H27N5O2S2.HI/c1-13(2)16-11-26-17(23-16)10-22-18(19-3)21-9-14-5-7-15(8-6-14)12-27(24,25)20-4;/h5-8,11,13,20H,9-10,12H2,1-4H3,(H2,19,21,22);1H. The second-order valence-corrected chi connectivity index (χ2v) is 9.25. The molecule has 1 heterocycles. The maximum atomic E-state index is 11.6. The first-order chi connectivity index (χ1) is 12.8. The molecule has 2 rings (SSSR count). The van der Waals surface area contributed by atoms with E-state index < -0.39 is 10.0 Å². The molecule has 10 heteroatoms. The number of hydrogen-bond acceptors (Lipinski definition) is 5. The van der Waals surface area contributed by atoms with E-state index in [9.17, 15) is 8.42 Å². The summed E-state index contributed by atoms with van der Waals surface area (Å²) in [6.45, 7) is 5.48. The van der Waals surface area contributed by atoms with Crippen LogP contribution >= 0.6 is 35.3 Å². The van der Waals surface area contributed by atoms with Crippen molar-refractivity contribution in [3.8, 4) is 0 Å². The molecular weight excluding hydrogens is 509 g/mol. The average molecular weight is 537 g/mol. The van der Waals surface area contributed by atoms with Crippen molar-refractivity contribution in [1.82, 2.24) is 20.3 Å². The highest BCUT2D eigenvalue weighted by Crippen LogP contribution is 2.17. The summed E-state index contributed by atoms with van der Waals surface area (Å²) in [6, 6.07) is 7.48. The molecule has 0 spiro atoms. The number of aromatic nitrogens is 1. The zero-order valence-corrected chi connectivity index (χ0v) is 20.5. The molecule has 0 saturated carbocycles. The van der Waals surface area contributed by atoms with Gasteiger partial charge in [0.2, 0.25) is 10.0 Å². The van der Waals surface area contributed by atoms with Crippen LogP contribution < -0.4 is 15.4 Å². The zero-order chi connectivity index (χ0) is 19.9. The molecule has 1 aromatic heterocycles. The molecule has 0 fully saturated rings. The Morgan fingerprint density at radius 2 is 1.75 bits per heavy atom. The van der Waals surface area contributed by atoms with Gasteiger partial charge in [0.1, 0.15) is 5.01 Å². The Hall–Kier alpha value is -1.24. The van der Waals surface area contributed by atoms with Gasteiger partial charge >= 0.3 is 0 Å². The van der Waals surface area contributed by atoms with Crippen LogP contribution in [-0.4, -0.2) is 33.5 Å². The Morgan fingerprint density at radius 1 is 1.14 bits per heavy atom. The minimum atomic E-state index is -3.25. The minimum absolute atomic E-state index is 0. The first-order valence-electron chi connectivity index (χ1n) is 8.71. The molecule has 0 atom stereocenters. The molecule has 0 amide bonds. The van der Waals surface area contributed by atoms with Crippen molar-refractivity contribution in [1.29, 1.82) is 0 Å². The molecule has 28 heavy (non-hydrogen) atoms. The molecule has 0 aliphatic heterocycles.